The second-order valence-corrected chi connectivity index (χ2v) is 10.2. The summed E-state index contributed by atoms with van der Waals surface area (Å²) in [5.41, 5.74) is 7.90. The van der Waals surface area contributed by atoms with E-state index in [1.807, 2.05) is 11.8 Å². The number of hydrogen-bond donors (Lipinski definition) is 0. The molecular formula is C29H17BrS. The monoisotopic (exact) mass is 476 g/mol. The molecule has 1 aliphatic carbocycles. The first-order valence-electron chi connectivity index (χ1n) is 10.5. The minimum Gasteiger partial charge on any atom is -0.0887 e. The van der Waals surface area contributed by atoms with Crippen LogP contribution in [0.5, 0.6) is 0 Å². The Morgan fingerprint density at radius 2 is 1.26 bits per heavy atom. The van der Waals surface area contributed by atoms with Gasteiger partial charge in [-0.05, 0) is 62.4 Å². The average Bonchev–Trinajstić information content (AvgIpc) is 3.11. The largest absolute Gasteiger partial charge is 0.0887 e. The van der Waals surface area contributed by atoms with Gasteiger partial charge in [0.1, 0.15) is 0 Å². The minimum atomic E-state index is -0.309. The van der Waals surface area contributed by atoms with Crippen molar-refractivity contribution in [3.63, 3.8) is 0 Å². The SMILES string of the molecule is Brc1ccc2c(c1)C1(c3ccccc3-c3ccccc31)c1ccc3ccccc3c1S2. The van der Waals surface area contributed by atoms with Crippen molar-refractivity contribution in [1.82, 2.24) is 0 Å². The Morgan fingerprint density at radius 1 is 0.581 bits per heavy atom. The number of benzene rings is 5. The standard InChI is InChI=1S/C29H17BrS/c30-19-14-16-27-26(17-19)29(25-15-13-18-7-1-2-8-20(18)28(25)31-27)23-11-5-3-9-21(23)22-10-4-6-12-24(22)29/h1-17H. The first-order chi connectivity index (χ1) is 15.3. The summed E-state index contributed by atoms with van der Waals surface area (Å²) >= 11 is 5.68. The third-order valence-corrected chi connectivity index (χ3v) is 8.51. The van der Waals surface area contributed by atoms with Crippen molar-refractivity contribution in [2.75, 3.05) is 0 Å². The average molecular weight is 477 g/mol. The molecule has 2 heteroatoms. The molecule has 0 aromatic heterocycles. The molecule has 0 saturated carbocycles. The molecule has 7 rings (SSSR count). The lowest BCUT2D eigenvalue weighted by molar-refractivity contribution is 0.725. The molecule has 0 amide bonds. The van der Waals surface area contributed by atoms with Crippen LogP contribution >= 0.6 is 27.7 Å². The number of hydrogen-bond acceptors (Lipinski definition) is 1. The molecule has 1 aliphatic heterocycles. The van der Waals surface area contributed by atoms with Crippen molar-refractivity contribution >= 4 is 38.5 Å². The van der Waals surface area contributed by atoms with Gasteiger partial charge in [-0.2, -0.15) is 0 Å². The maximum absolute atomic E-state index is 3.77. The molecule has 0 N–H and O–H groups in total. The summed E-state index contributed by atoms with van der Waals surface area (Å²) < 4.78 is 1.12. The first-order valence-corrected chi connectivity index (χ1v) is 12.1. The zero-order chi connectivity index (χ0) is 20.6. The molecule has 0 nitrogen and oxygen atoms in total. The van der Waals surface area contributed by atoms with Gasteiger partial charge in [-0.1, -0.05) is 113 Å². The Labute approximate surface area is 194 Å². The van der Waals surface area contributed by atoms with Gasteiger partial charge in [-0.25, -0.2) is 0 Å². The summed E-state index contributed by atoms with van der Waals surface area (Å²) in [6.45, 7) is 0. The van der Waals surface area contributed by atoms with E-state index in [4.69, 9.17) is 0 Å². The fraction of sp³-hybridized carbons (Fsp3) is 0.0345. The molecule has 0 bridgehead atoms. The number of halogens is 1. The highest BCUT2D eigenvalue weighted by atomic mass is 79.9. The lowest BCUT2D eigenvalue weighted by atomic mass is 9.67. The molecule has 5 aromatic carbocycles. The quantitative estimate of drug-likeness (QED) is 0.211. The molecule has 5 aromatic rings. The third-order valence-electron chi connectivity index (χ3n) is 6.79. The molecule has 1 heterocycles. The summed E-state index contributed by atoms with van der Waals surface area (Å²) in [7, 11) is 0. The van der Waals surface area contributed by atoms with Crippen LogP contribution in [-0.2, 0) is 5.41 Å². The smallest absolute Gasteiger partial charge is 0.0736 e. The predicted molar refractivity (Wildman–Crippen MR) is 133 cm³/mol. The summed E-state index contributed by atoms with van der Waals surface area (Å²) in [6.07, 6.45) is 0. The molecule has 0 saturated heterocycles. The van der Waals surface area contributed by atoms with E-state index in [-0.39, 0.29) is 5.41 Å². The van der Waals surface area contributed by atoms with Crippen molar-refractivity contribution in [2.24, 2.45) is 0 Å². The first kappa shape index (κ1) is 17.8. The van der Waals surface area contributed by atoms with Crippen molar-refractivity contribution in [3.8, 4) is 11.1 Å². The molecule has 0 radical (unpaired) electrons. The van der Waals surface area contributed by atoms with Crippen LogP contribution in [0.15, 0.2) is 117 Å². The Bertz CT molecular complexity index is 1490. The lowest BCUT2D eigenvalue weighted by Gasteiger charge is -2.40. The van der Waals surface area contributed by atoms with E-state index < -0.39 is 0 Å². The fourth-order valence-corrected chi connectivity index (χ4v) is 7.27. The zero-order valence-electron chi connectivity index (χ0n) is 16.6. The molecule has 31 heavy (non-hydrogen) atoms. The predicted octanol–water partition coefficient (Wildman–Crippen LogP) is 8.43. The van der Waals surface area contributed by atoms with Crippen LogP contribution in [0, 0.1) is 0 Å². The maximum Gasteiger partial charge on any atom is 0.0736 e. The Balaban J connectivity index is 1.73. The van der Waals surface area contributed by atoms with Gasteiger partial charge >= 0.3 is 0 Å². The summed E-state index contributed by atoms with van der Waals surface area (Å²) in [5, 5.41) is 2.63. The van der Waals surface area contributed by atoms with E-state index in [1.54, 1.807) is 0 Å². The van der Waals surface area contributed by atoms with E-state index in [0.717, 1.165) is 4.47 Å². The van der Waals surface area contributed by atoms with Gasteiger partial charge in [0, 0.05) is 14.3 Å². The number of rotatable bonds is 0. The highest BCUT2D eigenvalue weighted by Crippen LogP contribution is 2.63. The third kappa shape index (κ3) is 2.22. The van der Waals surface area contributed by atoms with Gasteiger partial charge in [0.25, 0.3) is 0 Å². The summed E-state index contributed by atoms with van der Waals surface area (Å²) in [5.74, 6) is 0. The van der Waals surface area contributed by atoms with Gasteiger partial charge in [-0.15, -0.1) is 0 Å². The van der Waals surface area contributed by atoms with Crippen LogP contribution in [0.25, 0.3) is 21.9 Å². The van der Waals surface area contributed by atoms with Crippen LogP contribution < -0.4 is 0 Å². The van der Waals surface area contributed by atoms with E-state index in [9.17, 15) is 0 Å². The van der Waals surface area contributed by atoms with Crippen LogP contribution in [0.4, 0.5) is 0 Å². The van der Waals surface area contributed by atoms with Crippen molar-refractivity contribution < 1.29 is 0 Å². The lowest BCUT2D eigenvalue weighted by Crippen LogP contribution is -2.32. The Hall–Kier alpha value is -2.81. The van der Waals surface area contributed by atoms with Crippen LogP contribution in [0.1, 0.15) is 22.3 Å². The summed E-state index contributed by atoms with van der Waals surface area (Å²) in [6, 6.07) is 38.1. The highest BCUT2D eigenvalue weighted by molar-refractivity contribution is 9.10. The van der Waals surface area contributed by atoms with E-state index in [0.29, 0.717) is 0 Å². The molecule has 0 atom stereocenters. The topological polar surface area (TPSA) is 0 Å². The van der Waals surface area contributed by atoms with Crippen LogP contribution in [0.3, 0.4) is 0 Å². The second-order valence-electron chi connectivity index (χ2n) is 8.25. The molecular weight excluding hydrogens is 460 g/mol. The van der Waals surface area contributed by atoms with Gasteiger partial charge in [-0.3, -0.25) is 0 Å². The summed E-state index contributed by atoms with van der Waals surface area (Å²) in [4.78, 5) is 2.71. The fourth-order valence-electron chi connectivity index (χ4n) is 5.60. The maximum atomic E-state index is 3.77. The van der Waals surface area contributed by atoms with E-state index in [1.165, 1.54) is 53.9 Å². The highest BCUT2D eigenvalue weighted by Gasteiger charge is 2.50. The second kappa shape index (κ2) is 6.35. The Morgan fingerprint density at radius 3 is 2.03 bits per heavy atom. The van der Waals surface area contributed by atoms with Crippen LogP contribution in [0.2, 0.25) is 0 Å². The molecule has 0 unspecified atom stereocenters. The normalized spacial score (nSPS) is 14.7. The minimum absolute atomic E-state index is 0.309. The van der Waals surface area contributed by atoms with Crippen molar-refractivity contribution in [3.05, 3.63) is 130 Å². The molecule has 2 aliphatic rings. The molecule has 1 spiro atoms. The van der Waals surface area contributed by atoms with Gasteiger partial charge in [0.05, 0.1) is 5.41 Å². The number of fused-ring (bicyclic) bond motifs is 11. The van der Waals surface area contributed by atoms with Gasteiger partial charge in [0.15, 0.2) is 0 Å². The molecule has 0 fully saturated rings. The van der Waals surface area contributed by atoms with Gasteiger partial charge < -0.3 is 0 Å². The molecule has 146 valence electrons. The van der Waals surface area contributed by atoms with Crippen molar-refractivity contribution in [1.29, 1.82) is 0 Å². The Kier molecular flexibility index (Phi) is 3.65. The van der Waals surface area contributed by atoms with E-state index in [2.05, 4.69) is 119 Å². The van der Waals surface area contributed by atoms with Crippen LogP contribution in [-0.4, -0.2) is 0 Å². The van der Waals surface area contributed by atoms with E-state index >= 15 is 0 Å². The zero-order valence-corrected chi connectivity index (χ0v) is 19.0. The van der Waals surface area contributed by atoms with Gasteiger partial charge in [0.2, 0.25) is 0 Å². The van der Waals surface area contributed by atoms with Crippen molar-refractivity contribution in [2.45, 2.75) is 15.2 Å².